The number of hydrogen-bond acceptors (Lipinski definition) is 2. The summed E-state index contributed by atoms with van der Waals surface area (Å²) in [5.41, 5.74) is -0.316. The Hall–Kier alpha value is -2.71. The van der Waals surface area contributed by atoms with E-state index in [1.54, 1.807) is 16.9 Å². The van der Waals surface area contributed by atoms with Gasteiger partial charge in [-0.1, -0.05) is 12.1 Å². The first-order valence-electron chi connectivity index (χ1n) is 8.60. The van der Waals surface area contributed by atoms with Crippen molar-refractivity contribution in [2.75, 3.05) is 5.32 Å². The third kappa shape index (κ3) is 7.50. The van der Waals surface area contributed by atoms with Gasteiger partial charge in [-0.2, -0.15) is 18.3 Å². The molecule has 0 saturated carbocycles. The lowest BCUT2D eigenvalue weighted by molar-refractivity contribution is -0.137. The number of aryl methyl sites for hydroxylation is 1. The monoisotopic (exact) mass is 401 g/mol. The van der Waals surface area contributed by atoms with Crippen LogP contribution in [0.5, 0.6) is 0 Å². The summed E-state index contributed by atoms with van der Waals surface area (Å²) in [7, 11) is 0. The van der Waals surface area contributed by atoms with Crippen LogP contribution in [0.2, 0.25) is 0 Å². The number of amides is 1. The van der Waals surface area contributed by atoms with Crippen molar-refractivity contribution in [3.8, 4) is 0 Å². The van der Waals surface area contributed by atoms with Crippen LogP contribution in [0.4, 0.5) is 27.8 Å². The molecule has 0 fully saturated rings. The van der Waals surface area contributed by atoms with Gasteiger partial charge in [0.15, 0.2) is 5.82 Å². The number of hydrogen-bond donors (Lipinski definition) is 1. The van der Waals surface area contributed by atoms with E-state index in [1.807, 2.05) is 0 Å². The van der Waals surface area contributed by atoms with Gasteiger partial charge in [-0.05, 0) is 43.5 Å². The van der Waals surface area contributed by atoms with Gasteiger partial charge in [0.25, 0.3) is 0 Å². The van der Waals surface area contributed by atoms with E-state index in [2.05, 4.69) is 10.4 Å². The Morgan fingerprint density at radius 2 is 1.79 bits per heavy atom. The SMILES string of the molecule is CC(F)(F)CCCCn1ccc(NC(=O)/C=C/c2ccc(C(F)(F)F)cc2)n1. The summed E-state index contributed by atoms with van der Waals surface area (Å²) in [5, 5.41) is 6.64. The second-order valence-electron chi connectivity index (χ2n) is 6.43. The molecule has 2 rings (SSSR count). The molecule has 152 valence electrons. The Morgan fingerprint density at radius 3 is 2.39 bits per heavy atom. The predicted molar refractivity (Wildman–Crippen MR) is 95.8 cm³/mol. The normalized spacial score (nSPS) is 12.5. The molecular weight excluding hydrogens is 381 g/mol. The summed E-state index contributed by atoms with van der Waals surface area (Å²) in [4.78, 5) is 11.9. The van der Waals surface area contributed by atoms with Gasteiger partial charge in [-0.25, -0.2) is 8.78 Å². The van der Waals surface area contributed by atoms with Crippen molar-refractivity contribution >= 4 is 17.8 Å². The maximum absolute atomic E-state index is 12.7. The van der Waals surface area contributed by atoms with E-state index in [0.29, 0.717) is 30.8 Å². The number of anilines is 1. The van der Waals surface area contributed by atoms with Crippen LogP contribution in [0.15, 0.2) is 42.6 Å². The number of nitrogens with zero attached hydrogens (tertiary/aromatic N) is 2. The smallest absolute Gasteiger partial charge is 0.306 e. The molecule has 1 heterocycles. The molecule has 0 aliphatic rings. The summed E-state index contributed by atoms with van der Waals surface area (Å²) in [6.45, 7) is 1.33. The van der Waals surface area contributed by atoms with E-state index < -0.39 is 23.6 Å². The fourth-order valence-electron chi connectivity index (χ4n) is 2.39. The maximum atomic E-state index is 12.7. The van der Waals surface area contributed by atoms with Crippen LogP contribution in [-0.2, 0) is 17.5 Å². The molecule has 0 atom stereocenters. The summed E-state index contributed by atoms with van der Waals surface area (Å²) in [6, 6.07) is 5.97. The molecule has 4 nitrogen and oxygen atoms in total. The first-order valence-corrected chi connectivity index (χ1v) is 8.60. The number of benzene rings is 1. The number of halogens is 5. The third-order valence-corrected chi connectivity index (χ3v) is 3.81. The summed E-state index contributed by atoms with van der Waals surface area (Å²) in [5.74, 6) is -2.87. The molecule has 9 heteroatoms. The van der Waals surface area contributed by atoms with Crippen molar-refractivity contribution in [2.45, 2.75) is 44.8 Å². The van der Waals surface area contributed by atoms with Gasteiger partial charge >= 0.3 is 6.18 Å². The van der Waals surface area contributed by atoms with Crippen molar-refractivity contribution in [1.29, 1.82) is 0 Å². The van der Waals surface area contributed by atoms with Crippen molar-refractivity contribution in [1.82, 2.24) is 9.78 Å². The molecule has 0 spiro atoms. The van der Waals surface area contributed by atoms with E-state index in [1.165, 1.54) is 24.3 Å². The van der Waals surface area contributed by atoms with Gasteiger partial charge < -0.3 is 5.32 Å². The van der Waals surface area contributed by atoms with E-state index in [4.69, 9.17) is 0 Å². The average Bonchev–Trinajstić information content (AvgIpc) is 3.03. The Balaban J connectivity index is 1.81. The van der Waals surface area contributed by atoms with Crippen LogP contribution < -0.4 is 5.32 Å². The number of nitrogens with one attached hydrogen (secondary N) is 1. The van der Waals surface area contributed by atoms with Crippen molar-refractivity contribution in [3.05, 3.63) is 53.7 Å². The quantitative estimate of drug-likeness (QED) is 0.367. The van der Waals surface area contributed by atoms with Crippen molar-refractivity contribution < 1.29 is 26.7 Å². The number of carbonyl (C=O) groups is 1. The summed E-state index contributed by atoms with van der Waals surface area (Å²) >= 11 is 0. The van der Waals surface area contributed by atoms with E-state index in [0.717, 1.165) is 19.1 Å². The Kier molecular flexibility index (Phi) is 6.93. The molecule has 0 aliphatic heterocycles. The zero-order chi connectivity index (χ0) is 20.8. The molecule has 28 heavy (non-hydrogen) atoms. The standard InChI is InChI=1S/C19H20F5N3O/c1-18(20,21)11-2-3-12-27-13-10-16(26-27)25-17(28)9-6-14-4-7-15(8-5-14)19(22,23)24/h4-10,13H,2-3,11-12H2,1H3,(H,25,26,28)/b9-6+. The highest BCUT2D eigenvalue weighted by molar-refractivity contribution is 6.01. The highest BCUT2D eigenvalue weighted by atomic mass is 19.4. The van der Waals surface area contributed by atoms with Crippen LogP contribution in [0.25, 0.3) is 6.08 Å². The van der Waals surface area contributed by atoms with Crippen LogP contribution >= 0.6 is 0 Å². The van der Waals surface area contributed by atoms with Crippen LogP contribution in [0, 0.1) is 0 Å². The molecule has 0 radical (unpaired) electrons. The molecular formula is C19H20F5N3O. The first-order chi connectivity index (χ1) is 13.0. The molecule has 0 unspecified atom stereocenters. The summed E-state index contributed by atoms with van der Waals surface area (Å²) in [6.07, 6.45) is 0.497. The second kappa shape index (κ2) is 8.99. The fourth-order valence-corrected chi connectivity index (χ4v) is 2.39. The molecule has 0 bridgehead atoms. The lowest BCUT2D eigenvalue weighted by atomic mass is 10.1. The predicted octanol–water partition coefficient (Wildman–Crippen LogP) is 5.38. The van der Waals surface area contributed by atoms with Gasteiger partial charge in [0.1, 0.15) is 0 Å². The van der Waals surface area contributed by atoms with Gasteiger partial charge in [0.2, 0.25) is 11.8 Å². The number of carbonyl (C=O) groups excluding carboxylic acids is 1. The maximum Gasteiger partial charge on any atom is 0.416 e. The van der Waals surface area contributed by atoms with E-state index in [9.17, 15) is 26.7 Å². The Bertz CT molecular complexity index is 804. The van der Waals surface area contributed by atoms with Crippen LogP contribution in [0.3, 0.4) is 0 Å². The fraction of sp³-hybridized carbons (Fsp3) is 0.368. The molecule has 1 amide bonds. The number of aromatic nitrogens is 2. The van der Waals surface area contributed by atoms with Crippen molar-refractivity contribution in [3.63, 3.8) is 0 Å². The number of rotatable bonds is 8. The zero-order valence-electron chi connectivity index (χ0n) is 15.1. The van der Waals surface area contributed by atoms with E-state index >= 15 is 0 Å². The Morgan fingerprint density at radius 1 is 1.11 bits per heavy atom. The molecule has 1 aromatic carbocycles. The van der Waals surface area contributed by atoms with Gasteiger partial charge in [0.05, 0.1) is 5.56 Å². The zero-order valence-corrected chi connectivity index (χ0v) is 15.1. The minimum absolute atomic E-state index is 0.188. The van der Waals surface area contributed by atoms with Crippen molar-refractivity contribution in [2.24, 2.45) is 0 Å². The number of alkyl halides is 5. The molecule has 0 aliphatic carbocycles. The third-order valence-electron chi connectivity index (χ3n) is 3.81. The summed E-state index contributed by atoms with van der Waals surface area (Å²) < 4.78 is 64.5. The Labute approximate surface area is 159 Å². The molecule has 1 N–H and O–H groups in total. The minimum Gasteiger partial charge on any atom is -0.306 e. The van der Waals surface area contributed by atoms with Gasteiger partial charge in [-0.3, -0.25) is 9.48 Å². The van der Waals surface area contributed by atoms with Crippen LogP contribution in [0.1, 0.15) is 37.3 Å². The average molecular weight is 401 g/mol. The number of unbranched alkanes of at least 4 members (excludes halogenated alkanes) is 1. The van der Waals surface area contributed by atoms with Gasteiger partial charge in [-0.15, -0.1) is 0 Å². The molecule has 1 aromatic heterocycles. The highest BCUT2D eigenvalue weighted by Gasteiger charge is 2.29. The molecule has 0 saturated heterocycles. The highest BCUT2D eigenvalue weighted by Crippen LogP contribution is 2.29. The lowest BCUT2D eigenvalue weighted by Gasteiger charge is -2.09. The van der Waals surface area contributed by atoms with Crippen LogP contribution in [-0.4, -0.2) is 21.6 Å². The largest absolute Gasteiger partial charge is 0.416 e. The molecule has 2 aromatic rings. The first kappa shape index (κ1) is 21.6. The second-order valence-corrected chi connectivity index (χ2v) is 6.43. The van der Waals surface area contributed by atoms with E-state index in [-0.39, 0.29) is 6.42 Å². The topological polar surface area (TPSA) is 46.9 Å². The lowest BCUT2D eigenvalue weighted by Crippen LogP contribution is -2.10. The minimum atomic E-state index is -4.41. The van der Waals surface area contributed by atoms with Gasteiger partial charge in [0, 0.05) is 31.3 Å².